The molecular formula is C20H19F5N4O4. The maximum atomic E-state index is 13.4. The molecule has 2 heterocycles. The van der Waals surface area contributed by atoms with Gasteiger partial charge in [0.05, 0.1) is 24.5 Å². The molecule has 2 N–H and O–H groups in total. The number of alkyl halides is 5. The van der Waals surface area contributed by atoms with Gasteiger partial charge in [0.1, 0.15) is 11.4 Å². The van der Waals surface area contributed by atoms with Crippen LogP contribution in [0, 0.1) is 11.8 Å². The molecule has 2 fully saturated rings. The van der Waals surface area contributed by atoms with Crippen LogP contribution in [0.1, 0.15) is 22.1 Å². The Balaban J connectivity index is 1.48. The second-order valence-electron chi connectivity index (χ2n) is 7.84. The number of hydrogen-bond acceptors (Lipinski definition) is 6. The van der Waals surface area contributed by atoms with Crippen molar-refractivity contribution in [3.8, 4) is 5.75 Å². The second-order valence-corrected chi connectivity index (χ2v) is 7.84. The third kappa shape index (κ3) is 4.92. The Hall–Kier alpha value is -3.22. The van der Waals surface area contributed by atoms with E-state index in [-0.39, 0.29) is 31.3 Å². The van der Waals surface area contributed by atoms with E-state index >= 15 is 0 Å². The van der Waals surface area contributed by atoms with Crippen LogP contribution in [0.25, 0.3) is 0 Å². The van der Waals surface area contributed by atoms with E-state index in [0.29, 0.717) is 5.56 Å². The number of H-pyrrole nitrogens is 1. The molecule has 4 rings (SSSR count). The summed E-state index contributed by atoms with van der Waals surface area (Å²) in [7, 11) is 1.37. The Morgan fingerprint density at radius 3 is 2.48 bits per heavy atom. The SMILES string of the molecule is COCC(NC(=O)c1cc(=O)[nH]c(N2CC3C(C2)C3(F)F)n1)c1ccc(OC(F)(F)F)cc1. The van der Waals surface area contributed by atoms with Crippen molar-refractivity contribution >= 4 is 11.9 Å². The summed E-state index contributed by atoms with van der Waals surface area (Å²) < 4.78 is 72.8. The number of hydrogen-bond donors (Lipinski definition) is 2. The van der Waals surface area contributed by atoms with E-state index in [4.69, 9.17) is 4.74 Å². The van der Waals surface area contributed by atoms with Crippen LogP contribution in [0.4, 0.5) is 27.9 Å². The molecule has 1 amide bonds. The number of nitrogens with one attached hydrogen (secondary N) is 2. The average molecular weight is 474 g/mol. The molecule has 178 valence electrons. The molecular weight excluding hydrogens is 455 g/mol. The van der Waals surface area contributed by atoms with Crippen molar-refractivity contribution in [3.63, 3.8) is 0 Å². The molecule has 33 heavy (non-hydrogen) atoms. The van der Waals surface area contributed by atoms with Crippen molar-refractivity contribution in [2.45, 2.75) is 18.3 Å². The van der Waals surface area contributed by atoms with E-state index in [2.05, 4.69) is 20.0 Å². The van der Waals surface area contributed by atoms with Crippen molar-refractivity contribution in [2.75, 3.05) is 31.7 Å². The lowest BCUT2D eigenvalue weighted by atomic mass is 10.1. The molecule has 13 heteroatoms. The van der Waals surface area contributed by atoms with Crippen LogP contribution in [0.5, 0.6) is 5.75 Å². The van der Waals surface area contributed by atoms with Crippen molar-refractivity contribution in [3.05, 3.63) is 51.9 Å². The number of aromatic amines is 1. The van der Waals surface area contributed by atoms with E-state index in [9.17, 15) is 31.5 Å². The summed E-state index contributed by atoms with van der Waals surface area (Å²) in [5, 5.41) is 2.61. The Labute approximate surface area is 183 Å². The molecule has 1 saturated carbocycles. The summed E-state index contributed by atoms with van der Waals surface area (Å²) in [6, 6.07) is 5.04. The fraction of sp³-hybridized carbons (Fsp3) is 0.450. The van der Waals surface area contributed by atoms with Gasteiger partial charge in [0.15, 0.2) is 0 Å². The van der Waals surface area contributed by atoms with Gasteiger partial charge in [0.2, 0.25) is 5.95 Å². The number of amides is 1. The first kappa shape index (κ1) is 23.0. The Morgan fingerprint density at radius 1 is 1.27 bits per heavy atom. The van der Waals surface area contributed by atoms with E-state index < -0.39 is 47.4 Å². The van der Waals surface area contributed by atoms with Crippen LogP contribution < -0.4 is 20.5 Å². The molecule has 0 radical (unpaired) electrons. The van der Waals surface area contributed by atoms with Gasteiger partial charge in [-0.05, 0) is 17.7 Å². The molecule has 0 spiro atoms. The average Bonchev–Trinajstić information content (AvgIpc) is 3.05. The molecule has 3 atom stereocenters. The standard InChI is InChI=1S/C20H19F5N4O4/c1-32-9-15(10-2-4-11(5-3-10)33-20(23,24)25)26-17(31)14-6-16(30)28-18(27-14)29-7-12-13(8-29)19(12,21)22/h2-6,12-13,15H,7-9H2,1H3,(H,26,31)(H,27,28,30). The monoisotopic (exact) mass is 474 g/mol. The predicted octanol–water partition coefficient (Wildman–Crippen LogP) is 2.49. The first-order chi connectivity index (χ1) is 15.5. The number of fused-ring (bicyclic) bond motifs is 1. The van der Waals surface area contributed by atoms with E-state index in [1.54, 1.807) is 0 Å². The number of ether oxygens (including phenoxy) is 2. The van der Waals surface area contributed by atoms with E-state index in [0.717, 1.165) is 18.2 Å². The number of carbonyl (C=O) groups excluding carboxylic acids is 1. The van der Waals surface area contributed by atoms with Gasteiger partial charge in [-0.25, -0.2) is 13.8 Å². The zero-order chi connectivity index (χ0) is 24.0. The molecule has 1 aromatic heterocycles. The number of nitrogens with zero attached hydrogens (tertiary/aromatic N) is 2. The number of piperidine rings is 1. The molecule has 1 aromatic carbocycles. The summed E-state index contributed by atoms with van der Waals surface area (Å²) in [6.45, 7) is 0.0144. The lowest BCUT2D eigenvalue weighted by Gasteiger charge is -2.21. The zero-order valence-electron chi connectivity index (χ0n) is 17.2. The largest absolute Gasteiger partial charge is 0.573 e. The highest BCUT2D eigenvalue weighted by Crippen LogP contribution is 2.59. The van der Waals surface area contributed by atoms with Gasteiger partial charge in [-0.1, -0.05) is 12.1 Å². The fourth-order valence-electron chi connectivity index (χ4n) is 3.91. The lowest BCUT2D eigenvalue weighted by molar-refractivity contribution is -0.274. The number of rotatable bonds is 7. The summed E-state index contributed by atoms with van der Waals surface area (Å²) in [6.07, 6.45) is -4.84. The molecule has 1 aliphatic heterocycles. The maximum absolute atomic E-state index is 13.4. The van der Waals surface area contributed by atoms with E-state index in [1.165, 1.54) is 24.1 Å². The smallest absolute Gasteiger partial charge is 0.406 e. The van der Waals surface area contributed by atoms with Crippen molar-refractivity contribution in [1.82, 2.24) is 15.3 Å². The molecule has 3 unspecified atom stereocenters. The fourth-order valence-corrected chi connectivity index (χ4v) is 3.91. The van der Waals surface area contributed by atoms with E-state index in [1.807, 2.05) is 0 Å². The normalized spacial score (nSPS) is 21.9. The molecule has 2 aliphatic rings. The van der Waals surface area contributed by atoms with Crippen LogP contribution in [0.3, 0.4) is 0 Å². The third-order valence-electron chi connectivity index (χ3n) is 5.62. The highest BCUT2D eigenvalue weighted by molar-refractivity contribution is 5.92. The predicted molar refractivity (Wildman–Crippen MR) is 104 cm³/mol. The second kappa shape index (κ2) is 8.28. The zero-order valence-corrected chi connectivity index (χ0v) is 17.2. The van der Waals surface area contributed by atoms with Gasteiger partial charge in [0, 0.05) is 26.3 Å². The molecule has 2 aromatic rings. The number of carbonyl (C=O) groups is 1. The van der Waals surface area contributed by atoms with Crippen molar-refractivity contribution in [1.29, 1.82) is 0 Å². The maximum Gasteiger partial charge on any atom is 0.573 e. The number of methoxy groups -OCH3 is 1. The summed E-state index contributed by atoms with van der Waals surface area (Å²) in [4.78, 5) is 32.9. The van der Waals surface area contributed by atoms with Crippen LogP contribution in [0.2, 0.25) is 0 Å². The van der Waals surface area contributed by atoms with Gasteiger partial charge in [-0.15, -0.1) is 13.2 Å². The van der Waals surface area contributed by atoms with Gasteiger partial charge in [-0.3, -0.25) is 14.6 Å². The molecule has 0 bridgehead atoms. The van der Waals surface area contributed by atoms with Gasteiger partial charge >= 0.3 is 6.36 Å². The van der Waals surface area contributed by atoms with Crippen LogP contribution in [-0.4, -0.2) is 55.0 Å². The van der Waals surface area contributed by atoms with Crippen LogP contribution >= 0.6 is 0 Å². The van der Waals surface area contributed by atoms with Crippen molar-refractivity contribution < 1.29 is 36.2 Å². The molecule has 8 nitrogen and oxygen atoms in total. The topological polar surface area (TPSA) is 96.5 Å². The Bertz CT molecular complexity index is 1080. The summed E-state index contributed by atoms with van der Waals surface area (Å²) in [5.74, 6) is -5.45. The highest BCUT2D eigenvalue weighted by Gasteiger charge is 2.71. The number of anilines is 1. The molecule has 1 saturated heterocycles. The first-order valence-electron chi connectivity index (χ1n) is 9.87. The minimum Gasteiger partial charge on any atom is -0.406 e. The summed E-state index contributed by atoms with van der Waals surface area (Å²) in [5.41, 5.74) is -0.444. The van der Waals surface area contributed by atoms with Crippen LogP contribution in [0.15, 0.2) is 35.1 Å². The quantitative estimate of drug-likeness (QED) is 0.599. The Kier molecular flexibility index (Phi) is 5.76. The van der Waals surface area contributed by atoms with Crippen molar-refractivity contribution in [2.24, 2.45) is 11.8 Å². The lowest BCUT2D eigenvalue weighted by Crippen LogP contribution is -2.35. The number of halogens is 5. The molecule has 1 aliphatic carbocycles. The minimum absolute atomic E-state index is 0.0182. The van der Waals surface area contributed by atoms with Gasteiger partial charge < -0.3 is 19.7 Å². The first-order valence-corrected chi connectivity index (χ1v) is 9.87. The number of aromatic nitrogens is 2. The van der Waals surface area contributed by atoms with Gasteiger partial charge in [-0.2, -0.15) is 0 Å². The Morgan fingerprint density at radius 2 is 1.91 bits per heavy atom. The number of benzene rings is 1. The highest BCUT2D eigenvalue weighted by atomic mass is 19.4. The third-order valence-corrected chi connectivity index (χ3v) is 5.62. The van der Waals surface area contributed by atoms with Crippen LogP contribution in [-0.2, 0) is 4.74 Å². The van der Waals surface area contributed by atoms with Gasteiger partial charge in [0.25, 0.3) is 17.4 Å². The minimum atomic E-state index is -4.84. The summed E-state index contributed by atoms with van der Waals surface area (Å²) >= 11 is 0.